The minimum absolute atomic E-state index is 0.445. The maximum Gasteiger partial charge on any atom is 0.418 e. The van der Waals surface area contributed by atoms with Crippen LogP contribution in [0.4, 0.5) is 17.6 Å². The third kappa shape index (κ3) is 1.85. The lowest BCUT2D eigenvalue weighted by Crippen LogP contribution is -2.45. The van der Waals surface area contributed by atoms with Crippen molar-refractivity contribution in [3.05, 3.63) is 0 Å². The largest absolute Gasteiger partial charge is 0.418 e. The Kier molecular flexibility index (Phi) is 3.04. The highest BCUT2D eigenvalue weighted by molar-refractivity contribution is 4.96. The van der Waals surface area contributed by atoms with Crippen LogP contribution in [0.3, 0.4) is 0 Å². The van der Waals surface area contributed by atoms with Crippen molar-refractivity contribution >= 4 is 0 Å². The van der Waals surface area contributed by atoms with Gasteiger partial charge in [0.05, 0.1) is 6.07 Å². The van der Waals surface area contributed by atoms with Crippen LogP contribution in [-0.2, 0) is 0 Å². The van der Waals surface area contributed by atoms with Gasteiger partial charge in [0.1, 0.15) is 5.92 Å². The Labute approximate surface area is 66.4 Å². The van der Waals surface area contributed by atoms with E-state index in [-0.39, 0.29) is 0 Å². The molecule has 0 rings (SSSR count). The summed E-state index contributed by atoms with van der Waals surface area (Å²) in [6, 6.07) is 1.01. The van der Waals surface area contributed by atoms with Gasteiger partial charge >= 0.3 is 12.0 Å². The van der Waals surface area contributed by atoms with Crippen LogP contribution in [0.25, 0.3) is 0 Å². The Balaban J connectivity index is 4.73. The molecule has 0 fully saturated rings. The first-order chi connectivity index (χ1) is 5.27. The Morgan fingerprint density at radius 1 is 1.42 bits per heavy atom. The highest BCUT2D eigenvalue weighted by Gasteiger charge is 2.60. The topological polar surface area (TPSA) is 44.0 Å². The molecule has 0 bridgehead atoms. The van der Waals surface area contributed by atoms with Crippen molar-refractivity contribution < 1.29 is 22.7 Å². The van der Waals surface area contributed by atoms with Gasteiger partial charge in [0.2, 0.25) is 0 Å². The minimum Gasteiger partial charge on any atom is -0.332 e. The van der Waals surface area contributed by atoms with Gasteiger partial charge in [0.15, 0.2) is 0 Å². The van der Waals surface area contributed by atoms with E-state index in [1.165, 1.54) is 0 Å². The molecule has 1 atom stereocenters. The molecule has 0 saturated carbocycles. The first-order valence-corrected chi connectivity index (χ1v) is 3.15. The highest BCUT2D eigenvalue weighted by atomic mass is 19.3. The van der Waals surface area contributed by atoms with Gasteiger partial charge in [-0.2, -0.15) is 22.8 Å². The fraction of sp³-hybridized carbons (Fsp3) is 0.833. The summed E-state index contributed by atoms with van der Waals surface area (Å²) in [5.41, 5.74) is 0. The Morgan fingerprint density at radius 3 is 1.92 bits per heavy atom. The molecule has 0 aliphatic carbocycles. The predicted molar refractivity (Wildman–Crippen MR) is 31.5 cm³/mol. The molecule has 1 unspecified atom stereocenters. The summed E-state index contributed by atoms with van der Waals surface area (Å²) in [6.07, 6.45) is -5.58. The predicted octanol–water partition coefficient (Wildman–Crippen LogP) is 1.76. The van der Waals surface area contributed by atoms with E-state index in [0.717, 1.165) is 13.0 Å². The van der Waals surface area contributed by atoms with Crippen LogP contribution in [0.1, 0.15) is 13.3 Å². The fourth-order valence-corrected chi connectivity index (χ4v) is 0.638. The number of alkyl halides is 4. The third-order valence-electron chi connectivity index (χ3n) is 1.40. The maximum atomic E-state index is 12.4. The minimum atomic E-state index is -5.14. The van der Waals surface area contributed by atoms with E-state index < -0.39 is 24.4 Å². The lowest BCUT2D eigenvalue weighted by atomic mass is 9.99. The maximum absolute atomic E-state index is 12.4. The Bertz CT molecular complexity index is 193. The van der Waals surface area contributed by atoms with E-state index in [2.05, 4.69) is 0 Å². The van der Waals surface area contributed by atoms with Gasteiger partial charge in [-0.1, -0.05) is 6.92 Å². The second-order valence-corrected chi connectivity index (χ2v) is 2.25. The number of hydrogen-bond donors (Lipinski definition) is 1. The molecule has 0 saturated heterocycles. The van der Waals surface area contributed by atoms with Gasteiger partial charge in [0, 0.05) is 0 Å². The number of hydrogen-bond acceptors (Lipinski definition) is 2. The molecule has 0 radical (unpaired) electrons. The smallest absolute Gasteiger partial charge is 0.332 e. The normalized spacial score (nSPS) is 15.4. The second kappa shape index (κ2) is 3.27. The Hall–Kier alpha value is -0.830. The lowest BCUT2D eigenvalue weighted by Gasteiger charge is -2.24. The second-order valence-electron chi connectivity index (χ2n) is 2.25. The number of aliphatic hydroxyl groups is 1. The van der Waals surface area contributed by atoms with Crippen molar-refractivity contribution in [1.82, 2.24) is 0 Å². The van der Waals surface area contributed by atoms with Crippen molar-refractivity contribution in [1.29, 1.82) is 5.26 Å². The standard InChI is InChI=1S/C6H7F4NO/c1-2-4(3-11)5(7,8)6(9,10)12/h4,12H,2H2,1H3. The number of nitriles is 1. The van der Waals surface area contributed by atoms with E-state index >= 15 is 0 Å². The van der Waals surface area contributed by atoms with E-state index in [1.807, 2.05) is 0 Å². The van der Waals surface area contributed by atoms with Crippen LogP contribution in [0, 0.1) is 17.2 Å². The van der Waals surface area contributed by atoms with Crippen molar-refractivity contribution in [2.75, 3.05) is 0 Å². The molecule has 70 valence electrons. The molecule has 2 nitrogen and oxygen atoms in total. The van der Waals surface area contributed by atoms with E-state index in [1.54, 1.807) is 0 Å². The zero-order valence-electron chi connectivity index (χ0n) is 6.19. The molecule has 0 aromatic rings. The lowest BCUT2D eigenvalue weighted by molar-refractivity contribution is -0.336. The summed E-state index contributed by atoms with van der Waals surface area (Å²) in [6.45, 7) is 1.16. The first kappa shape index (κ1) is 11.2. The first-order valence-electron chi connectivity index (χ1n) is 3.15. The van der Waals surface area contributed by atoms with Gasteiger partial charge in [-0.15, -0.1) is 0 Å². The van der Waals surface area contributed by atoms with Gasteiger partial charge in [-0.25, -0.2) is 0 Å². The molecule has 12 heavy (non-hydrogen) atoms. The van der Waals surface area contributed by atoms with Gasteiger partial charge in [-0.05, 0) is 6.42 Å². The molecule has 0 aliphatic rings. The molecule has 6 heteroatoms. The molecule has 0 heterocycles. The summed E-state index contributed by atoms with van der Waals surface area (Å²) >= 11 is 0. The van der Waals surface area contributed by atoms with Gasteiger partial charge < -0.3 is 5.11 Å². The quantitative estimate of drug-likeness (QED) is 0.680. The molecule has 0 amide bonds. The van der Waals surface area contributed by atoms with Crippen LogP contribution in [-0.4, -0.2) is 17.1 Å². The van der Waals surface area contributed by atoms with Gasteiger partial charge in [0.25, 0.3) is 0 Å². The third-order valence-corrected chi connectivity index (χ3v) is 1.40. The SMILES string of the molecule is CCC(C#N)C(F)(F)C(O)(F)F. The van der Waals surface area contributed by atoms with Crippen LogP contribution in [0.15, 0.2) is 0 Å². The number of nitrogens with zero attached hydrogens (tertiary/aromatic N) is 1. The Morgan fingerprint density at radius 2 is 1.83 bits per heavy atom. The molecule has 0 aromatic carbocycles. The van der Waals surface area contributed by atoms with E-state index in [0.29, 0.717) is 0 Å². The van der Waals surface area contributed by atoms with Crippen LogP contribution in [0.2, 0.25) is 0 Å². The molecular weight excluding hydrogens is 178 g/mol. The number of halogens is 4. The van der Waals surface area contributed by atoms with E-state index in [4.69, 9.17) is 10.4 Å². The molecular formula is C6H7F4NO. The molecule has 0 aromatic heterocycles. The fourth-order valence-electron chi connectivity index (χ4n) is 0.638. The monoisotopic (exact) mass is 185 g/mol. The van der Waals surface area contributed by atoms with Crippen LogP contribution < -0.4 is 0 Å². The van der Waals surface area contributed by atoms with Crippen molar-refractivity contribution in [3.63, 3.8) is 0 Å². The zero-order chi connectivity index (χ0) is 9.99. The molecule has 0 aliphatic heterocycles. The van der Waals surface area contributed by atoms with Crippen molar-refractivity contribution in [3.8, 4) is 6.07 Å². The van der Waals surface area contributed by atoms with Crippen LogP contribution in [0.5, 0.6) is 0 Å². The van der Waals surface area contributed by atoms with Gasteiger partial charge in [-0.3, -0.25) is 0 Å². The molecule has 1 N–H and O–H groups in total. The van der Waals surface area contributed by atoms with Crippen molar-refractivity contribution in [2.24, 2.45) is 5.92 Å². The summed E-state index contributed by atoms with van der Waals surface area (Å²) < 4.78 is 48.3. The van der Waals surface area contributed by atoms with Crippen LogP contribution >= 0.6 is 0 Å². The highest BCUT2D eigenvalue weighted by Crippen LogP contribution is 2.39. The summed E-state index contributed by atoms with van der Waals surface area (Å²) in [5.74, 6) is -6.85. The van der Waals surface area contributed by atoms with Crippen molar-refractivity contribution in [2.45, 2.75) is 25.4 Å². The average Bonchev–Trinajstić information content (AvgIpc) is 1.87. The average molecular weight is 185 g/mol. The summed E-state index contributed by atoms with van der Waals surface area (Å²) in [4.78, 5) is 0. The zero-order valence-corrected chi connectivity index (χ0v) is 6.19. The van der Waals surface area contributed by atoms with E-state index in [9.17, 15) is 17.6 Å². The molecule has 0 spiro atoms. The summed E-state index contributed by atoms with van der Waals surface area (Å²) in [5, 5.41) is 15.8. The summed E-state index contributed by atoms with van der Waals surface area (Å²) in [7, 11) is 0. The number of rotatable bonds is 3.